The van der Waals surface area contributed by atoms with Gasteiger partial charge in [0.1, 0.15) is 0 Å². The van der Waals surface area contributed by atoms with Crippen molar-refractivity contribution >= 4 is 16.8 Å². The van der Waals surface area contributed by atoms with Crippen molar-refractivity contribution in [2.75, 3.05) is 0 Å². The second-order valence-corrected chi connectivity index (χ2v) is 4.96. The average Bonchev–Trinajstić information content (AvgIpc) is 3.15. The van der Waals surface area contributed by atoms with E-state index in [1.54, 1.807) is 12.5 Å². The number of aromatic nitrogens is 3. The molecule has 5 N–H and O–H groups in total. The van der Waals surface area contributed by atoms with Gasteiger partial charge in [-0.25, -0.2) is 4.98 Å². The van der Waals surface area contributed by atoms with Crippen molar-refractivity contribution in [2.45, 2.75) is 19.0 Å². The second-order valence-electron chi connectivity index (χ2n) is 4.96. The van der Waals surface area contributed by atoms with Gasteiger partial charge >= 0.3 is 0 Å². The fraction of sp³-hybridized carbons (Fsp3) is 0.200. The van der Waals surface area contributed by atoms with Crippen molar-refractivity contribution in [2.24, 2.45) is 5.73 Å². The summed E-state index contributed by atoms with van der Waals surface area (Å²) in [5, 5.41) is 3.91. The SMILES string of the molecule is N[C@@H](Cc1c[nH]c2ccccc12)C(=O)NCc1cnc[nH]1. The molecule has 0 unspecified atom stereocenters. The van der Waals surface area contributed by atoms with Crippen LogP contribution in [0.15, 0.2) is 43.0 Å². The Bertz CT molecular complexity index is 731. The number of carbonyl (C=O) groups excluding carboxylic acids is 1. The molecule has 0 aliphatic heterocycles. The molecule has 0 aliphatic rings. The third-order valence-corrected chi connectivity index (χ3v) is 3.46. The molecule has 0 saturated heterocycles. The number of H-pyrrole nitrogens is 2. The Balaban J connectivity index is 1.62. The Morgan fingerprint density at radius 3 is 3.00 bits per heavy atom. The number of imidazole rings is 1. The lowest BCUT2D eigenvalue weighted by atomic mass is 10.1. The molecule has 0 spiro atoms. The summed E-state index contributed by atoms with van der Waals surface area (Å²) in [6, 6.07) is 7.40. The van der Waals surface area contributed by atoms with Gasteiger partial charge in [0.05, 0.1) is 24.6 Å². The van der Waals surface area contributed by atoms with Gasteiger partial charge in [0.25, 0.3) is 0 Å². The molecule has 0 radical (unpaired) electrons. The van der Waals surface area contributed by atoms with E-state index in [-0.39, 0.29) is 5.91 Å². The van der Waals surface area contributed by atoms with Crippen LogP contribution in [-0.4, -0.2) is 26.9 Å². The molecule has 2 heterocycles. The van der Waals surface area contributed by atoms with E-state index in [2.05, 4.69) is 20.3 Å². The second kappa shape index (κ2) is 5.80. The quantitative estimate of drug-likeness (QED) is 0.563. The van der Waals surface area contributed by atoms with Crippen LogP contribution < -0.4 is 11.1 Å². The summed E-state index contributed by atoms with van der Waals surface area (Å²) in [4.78, 5) is 22.0. The fourth-order valence-corrected chi connectivity index (χ4v) is 2.32. The molecule has 3 aromatic rings. The standard InChI is InChI=1S/C15H17N5O/c16-13(15(21)19-8-11-7-17-9-20-11)5-10-6-18-14-4-2-1-3-12(10)14/h1-4,6-7,9,13,18H,5,8,16H2,(H,17,20)(H,19,21)/t13-/m0/s1. The van der Waals surface area contributed by atoms with Gasteiger partial charge in [0.15, 0.2) is 0 Å². The molecule has 1 atom stereocenters. The highest BCUT2D eigenvalue weighted by Crippen LogP contribution is 2.18. The van der Waals surface area contributed by atoms with E-state index in [4.69, 9.17) is 5.73 Å². The summed E-state index contributed by atoms with van der Waals surface area (Å²) in [6.45, 7) is 0.403. The zero-order chi connectivity index (χ0) is 14.7. The molecule has 6 heteroatoms. The van der Waals surface area contributed by atoms with E-state index in [0.717, 1.165) is 22.2 Å². The molecule has 108 valence electrons. The summed E-state index contributed by atoms with van der Waals surface area (Å²) in [6.07, 6.45) is 5.66. The smallest absolute Gasteiger partial charge is 0.237 e. The van der Waals surface area contributed by atoms with Gasteiger partial charge < -0.3 is 21.0 Å². The van der Waals surface area contributed by atoms with Crippen LogP contribution in [0.2, 0.25) is 0 Å². The van der Waals surface area contributed by atoms with Crippen LogP contribution in [-0.2, 0) is 17.8 Å². The van der Waals surface area contributed by atoms with Gasteiger partial charge in [-0.1, -0.05) is 18.2 Å². The van der Waals surface area contributed by atoms with Crippen LogP contribution in [0.4, 0.5) is 0 Å². The van der Waals surface area contributed by atoms with Crippen molar-refractivity contribution < 1.29 is 4.79 Å². The normalized spacial score (nSPS) is 12.4. The Morgan fingerprint density at radius 1 is 1.33 bits per heavy atom. The summed E-state index contributed by atoms with van der Waals surface area (Å²) in [5.74, 6) is -0.171. The van der Waals surface area contributed by atoms with Crippen molar-refractivity contribution in [3.05, 3.63) is 54.2 Å². The minimum absolute atomic E-state index is 0.171. The molecule has 6 nitrogen and oxygen atoms in total. The first kappa shape index (κ1) is 13.4. The van der Waals surface area contributed by atoms with Crippen LogP contribution in [0.5, 0.6) is 0 Å². The third-order valence-electron chi connectivity index (χ3n) is 3.46. The van der Waals surface area contributed by atoms with Gasteiger partial charge in [-0.2, -0.15) is 0 Å². The number of hydrogen-bond donors (Lipinski definition) is 4. The number of nitrogens with zero attached hydrogens (tertiary/aromatic N) is 1. The summed E-state index contributed by atoms with van der Waals surface area (Å²) in [5.41, 5.74) is 8.94. The molecule has 0 aliphatic carbocycles. The van der Waals surface area contributed by atoms with Crippen molar-refractivity contribution in [3.8, 4) is 0 Å². The number of rotatable bonds is 5. The predicted molar refractivity (Wildman–Crippen MR) is 80.4 cm³/mol. The Kier molecular flexibility index (Phi) is 3.70. The van der Waals surface area contributed by atoms with Crippen LogP contribution in [0.3, 0.4) is 0 Å². The average molecular weight is 283 g/mol. The van der Waals surface area contributed by atoms with Gasteiger partial charge in [0.2, 0.25) is 5.91 Å². The molecule has 0 saturated carbocycles. The maximum Gasteiger partial charge on any atom is 0.237 e. The number of carbonyl (C=O) groups is 1. The Labute approximate surface area is 121 Å². The lowest BCUT2D eigenvalue weighted by Crippen LogP contribution is -2.41. The van der Waals surface area contributed by atoms with Gasteiger partial charge in [0, 0.05) is 23.3 Å². The minimum atomic E-state index is -0.577. The molecule has 0 fully saturated rings. The van der Waals surface area contributed by atoms with Crippen LogP contribution >= 0.6 is 0 Å². The third kappa shape index (κ3) is 2.95. The Morgan fingerprint density at radius 2 is 2.19 bits per heavy atom. The number of nitrogens with two attached hydrogens (primary N) is 1. The molecule has 0 bridgehead atoms. The van der Waals surface area contributed by atoms with Gasteiger partial charge in [-0.15, -0.1) is 0 Å². The number of amides is 1. The summed E-state index contributed by atoms with van der Waals surface area (Å²) < 4.78 is 0. The number of benzene rings is 1. The van der Waals surface area contributed by atoms with E-state index in [9.17, 15) is 4.79 Å². The molecule has 1 amide bonds. The van der Waals surface area contributed by atoms with E-state index >= 15 is 0 Å². The number of fused-ring (bicyclic) bond motifs is 1. The van der Waals surface area contributed by atoms with E-state index < -0.39 is 6.04 Å². The fourth-order valence-electron chi connectivity index (χ4n) is 2.32. The van der Waals surface area contributed by atoms with Crippen LogP contribution in [0.25, 0.3) is 10.9 Å². The molecule has 3 rings (SSSR count). The predicted octanol–water partition coefficient (Wildman–Crippen LogP) is 1.08. The molecular weight excluding hydrogens is 266 g/mol. The number of hydrogen-bond acceptors (Lipinski definition) is 3. The highest BCUT2D eigenvalue weighted by Gasteiger charge is 2.16. The first-order valence-corrected chi connectivity index (χ1v) is 6.79. The lowest BCUT2D eigenvalue weighted by Gasteiger charge is -2.11. The summed E-state index contributed by atoms with van der Waals surface area (Å²) >= 11 is 0. The number of nitrogens with one attached hydrogen (secondary N) is 3. The molecular formula is C15H17N5O. The maximum absolute atomic E-state index is 12.0. The summed E-state index contributed by atoms with van der Waals surface area (Å²) in [7, 11) is 0. The zero-order valence-electron chi connectivity index (χ0n) is 11.5. The number of aromatic amines is 2. The van der Waals surface area contributed by atoms with E-state index in [1.807, 2.05) is 30.5 Å². The van der Waals surface area contributed by atoms with Crippen LogP contribution in [0, 0.1) is 0 Å². The highest BCUT2D eigenvalue weighted by atomic mass is 16.2. The lowest BCUT2D eigenvalue weighted by molar-refractivity contribution is -0.122. The first-order valence-electron chi connectivity index (χ1n) is 6.79. The Hall–Kier alpha value is -2.60. The van der Waals surface area contributed by atoms with Crippen molar-refractivity contribution in [1.29, 1.82) is 0 Å². The minimum Gasteiger partial charge on any atom is -0.361 e. The largest absolute Gasteiger partial charge is 0.361 e. The monoisotopic (exact) mass is 283 g/mol. The topological polar surface area (TPSA) is 99.6 Å². The van der Waals surface area contributed by atoms with Crippen LogP contribution in [0.1, 0.15) is 11.3 Å². The molecule has 2 aromatic heterocycles. The molecule has 21 heavy (non-hydrogen) atoms. The maximum atomic E-state index is 12.0. The highest BCUT2D eigenvalue weighted by molar-refractivity contribution is 5.86. The zero-order valence-corrected chi connectivity index (χ0v) is 11.5. The van der Waals surface area contributed by atoms with Crippen molar-refractivity contribution in [1.82, 2.24) is 20.3 Å². The molecule has 1 aromatic carbocycles. The van der Waals surface area contributed by atoms with E-state index in [1.165, 1.54) is 0 Å². The van der Waals surface area contributed by atoms with E-state index in [0.29, 0.717) is 13.0 Å². The van der Waals surface area contributed by atoms with Crippen molar-refractivity contribution in [3.63, 3.8) is 0 Å². The first-order chi connectivity index (χ1) is 10.2. The number of para-hydroxylation sites is 1. The van der Waals surface area contributed by atoms with Gasteiger partial charge in [-0.05, 0) is 18.1 Å². The van der Waals surface area contributed by atoms with Gasteiger partial charge in [-0.3, -0.25) is 4.79 Å².